The molecule has 5 nitrogen and oxygen atoms in total. The average Bonchev–Trinajstić information content (AvgIpc) is 3.02. The van der Waals surface area contributed by atoms with Gasteiger partial charge in [-0.1, -0.05) is 77.0 Å². The molecule has 234 valence electrons. The molecule has 0 aliphatic heterocycles. The largest absolute Gasteiger partial charge is 0.462 e. The zero-order chi connectivity index (χ0) is 30.5. The minimum Gasteiger partial charge on any atom is -0.462 e. The Balaban J connectivity index is 1.51. The summed E-state index contributed by atoms with van der Waals surface area (Å²) in [5, 5.41) is 9.19. The zero-order valence-corrected chi connectivity index (χ0v) is 26.6. The molecule has 0 radical (unpaired) electrons. The van der Waals surface area contributed by atoms with Crippen molar-refractivity contribution in [2.75, 3.05) is 19.8 Å². The summed E-state index contributed by atoms with van der Waals surface area (Å²) in [5.74, 6) is 2.44. The summed E-state index contributed by atoms with van der Waals surface area (Å²) < 4.78 is 10.9. The van der Waals surface area contributed by atoms with Gasteiger partial charge in [-0.3, -0.25) is 0 Å². The van der Waals surface area contributed by atoms with E-state index in [1.165, 1.54) is 88.2 Å². The van der Waals surface area contributed by atoms with Gasteiger partial charge in [-0.2, -0.15) is 0 Å². The SMILES string of the molecule is C=C(C)C(=O)OCC(COC(=O)C(=C)CO)CC1CCC(C2CCC(c3ccc(CCCCC)cc3)CC2)C(CC)C1. The molecule has 2 fully saturated rings. The first-order valence-corrected chi connectivity index (χ1v) is 16.6. The number of esters is 2. The Hall–Kier alpha value is -2.40. The van der Waals surface area contributed by atoms with Gasteiger partial charge in [0.15, 0.2) is 0 Å². The number of aliphatic hydroxyl groups is 1. The molecule has 4 unspecified atom stereocenters. The maximum absolute atomic E-state index is 12.1. The van der Waals surface area contributed by atoms with E-state index in [4.69, 9.17) is 9.47 Å². The number of rotatable bonds is 16. The van der Waals surface area contributed by atoms with E-state index in [1.807, 2.05) is 0 Å². The summed E-state index contributed by atoms with van der Waals surface area (Å²) >= 11 is 0. The number of carbonyl (C=O) groups is 2. The van der Waals surface area contributed by atoms with Gasteiger partial charge >= 0.3 is 11.9 Å². The van der Waals surface area contributed by atoms with Crippen LogP contribution >= 0.6 is 0 Å². The van der Waals surface area contributed by atoms with Crippen LogP contribution in [-0.4, -0.2) is 36.9 Å². The number of benzene rings is 1. The number of unbranched alkanes of at least 4 members (excludes halogenated alkanes) is 2. The molecule has 0 spiro atoms. The van der Waals surface area contributed by atoms with Gasteiger partial charge in [-0.15, -0.1) is 0 Å². The predicted octanol–water partition coefficient (Wildman–Crippen LogP) is 8.35. The van der Waals surface area contributed by atoms with Crippen LogP contribution in [-0.2, 0) is 25.5 Å². The molecule has 0 bridgehead atoms. The molecule has 4 atom stereocenters. The van der Waals surface area contributed by atoms with Crippen LogP contribution in [0, 0.1) is 29.6 Å². The van der Waals surface area contributed by atoms with Crippen LogP contribution < -0.4 is 0 Å². The van der Waals surface area contributed by atoms with Gasteiger partial charge in [0, 0.05) is 11.5 Å². The molecule has 2 aliphatic carbocycles. The van der Waals surface area contributed by atoms with Crippen molar-refractivity contribution in [1.82, 2.24) is 0 Å². The van der Waals surface area contributed by atoms with Gasteiger partial charge in [0.05, 0.1) is 25.4 Å². The fraction of sp³-hybridized carbons (Fsp3) is 0.676. The first-order chi connectivity index (χ1) is 20.2. The number of aliphatic hydroxyl groups excluding tert-OH is 1. The lowest BCUT2D eigenvalue weighted by molar-refractivity contribution is -0.145. The van der Waals surface area contributed by atoms with Gasteiger partial charge in [-0.25, -0.2) is 9.59 Å². The van der Waals surface area contributed by atoms with Gasteiger partial charge in [0.2, 0.25) is 0 Å². The van der Waals surface area contributed by atoms with E-state index in [9.17, 15) is 14.7 Å². The van der Waals surface area contributed by atoms with Crippen LogP contribution in [0.1, 0.15) is 115 Å². The topological polar surface area (TPSA) is 72.8 Å². The van der Waals surface area contributed by atoms with Crippen molar-refractivity contribution in [2.24, 2.45) is 29.6 Å². The van der Waals surface area contributed by atoms with E-state index < -0.39 is 18.5 Å². The summed E-state index contributed by atoms with van der Waals surface area (Å²) in [5.41, 5.74) is 3.41. The van der Waals surface area contributed by atoms with Crippen molar-refractivity contribution >= 4 is 11.9 Å². The zero-order valence-electron chi connectivity index (χ0n) is 26.6. The second-order valence-corrected chi connectivity index (χ2v) is 13.2. The normalized spacial score (nSPS) is 24.9. The number of carbonyl (C=O) groups excluding carboxylic acids is 2. The van der Waals surface area contributed by atoms with Crippen LogP contribution in [0.25, 0.3) is 0 Å². The van der Waals surface area contributed by atoms with Crippen LogP contribution in [0.4, 0.5) is 0 Å². The Kier molecular flexibility index (Phi) is 14.3. The third kappa shape index (κ3) is 10.4. The first-order valence-electron chi connectivity index (χ1n) is 16.6. The highest BCUT2D eigenvalue weighted by atomic mass is 16.5. The molecule has 42 heavy (non-hydrogen) atoms. The van der Waals surface area contributed by atoms with E-state index in [1.54, 1.807) is 6.92 Å². The molecule has 0 amide bonds. The Morgan fingerprint density at radius 2 is 1.60 bits per heavy atom. The molecule has 0 heterocycles. The Bertz CT molecular complexity index is 1000. The fourth-order valence-corrected chi connectivity index (χ4v) is 7.44. The minimum atomic E-state index is -0.595. The van der Waals surface area contributed by atoms with E-state index in [-0.39, 0.29) is 24.7 Å². The summed E-state index contributed by atoms with van der Waals surface area (Å²) in [6.45, 7) is 13.4. The summed E-state index contributed by atoms with van der Waals surface area (Å²) in [6.07, 6.45) is 16.0. The number of hydrogen-bond donors (Lipinski definition) is 1. The van der Waals surface area contributed by atoms with Crippen molar-refractivity contribution in [3.05, 3.63) is 59.7 Å². The fourth-order valence-electron chi connectivity index (χ4n) is 7.44. The van der Waals surface area contributed by atoms with Gasteiger partial charge in [0.1, 0.15) is 0 Å². The van der Waals surface area contributed by atoms with Crippen LogP contribution in [0.2, 0.25) is 0 Å². The van der Waals surface area contributed by atoms with Crippen molar-refractivity contribution < 1.29 is 24.2 Å². The van der Waals surface area contributed by atoms with E-state index in [0.29, 0.717) is 23.3 Å². The summed E-state index contributed by atoms with van der Waals surface area (Å²) in [6, 6.07) is 9.52. The first kappa shape index (κ1) is 34.1. The molecule has 0 saturated heterocycles. The van der Waals surface area contributed by atoms with Crippen LogP contribution in [0.3, 0.4) is 0 Å². The predicted molar refractivity (Wildman–Crippen MR) is 170 cm³/mol. The van der Waals surface area contributed by atoms with Crippen molar-refractivity contribution in [3.63, 3.8) is 0 Å². The Morgan fingerprint density at radius 3 is 2.19 bits per heavy atom. The smallest absolute Gasteiger partial charge is 0.335 e. The molecule has 2 aliphatic rings. The van der Waals surface area contributed by atoms with Gasteiger partial charge in [0.25, 0.3) is 0 Å². The molecule has 2 saturated carbocycles. The molecule has 0 aromatic heterocycles. The highest BCUT2D eigenvalue weighted by Gasteiger charge is 2.37. The standard InChI is InChI=1S/C37H56O5/c1-6-8-9-10-28-11-14-32(15-12-28)33-16-18-34(19-17-33)35-20-13-29(22-31(35)7-2)21-30(24-41-36(39)26(3)4)25-42-37(40)27(5)23-38/h11-12,14-15,29-31,33-35,38H,3,5-10,13,16-25H2,1-2,4H3. The highest BCUT2D eigenvalue weighted by molar-refractivity contribution is 5.88. The van der Waals surface area contributed by atoms with E-state index in [2.05, 4.69) is 51.3 Å². The molecular formula is C37H56O5. The number of hydrogen-bond acceptors (Lipinski definition) is 5. The minimum absolute atomic E-state index is 0.0355. The van der Waals surface area contributed by atoms with Gasteiger partial charge < -0.3 is 14.6 Å². The van der Waals surface area contributed by atoms with E-state index in [0.717, 1.165) is 18.3 Å². The maximum Gasteiger partial charge on any atom is 0.335 e. The molecular weight excluding hydrogens is 524 g/mol. The third-order valence-corrected chi connectivity index (χ3v) is 9.97. The van der Waals surface area contributed by atoms with Gasteiger partial charge in [-0.05, 0) is 105 Å². The molecule has 1 aromatic carbocycles. The van der Waals surface area contributed by atoms with Crippen molar-refractivity contribution in [1.29, 1.82) is 0 Å². The summed E-state index contributed by atoms with van der Waals surface area (Å²) in [4.78, 5) is 24.2. The molecule has 5 heteroatoms. The average molecular weight is 581 g/mol. The Labute approximate surface area is 255 Å². The summed E-state index contributed by atoms with van der Waals surface area (Å²) in [7, 11) is 0. The van der Waals surface area contributed by atoms with Crippen molar-refractivity contribution in [2.45, 2.75) is 110 Å². The maximum atomic E-state index is 12.1. The third-order valence-electron chi connectivity index (χ3n) is 9.97. The number of aryl methyl sites for hydroxylation is 1. The van der Waals surface area contributed by atoms with Crippen LogP contribution in [0.5, 0.6) is 0 Å². The quantitative estimate of drug-likeness (QED) is 0.121. The Morgan fingerprint density at radius 1 is 0.929 bits per heavy atom. The second kappa shape index (κ2) is 17.7. The second-order valence-electron chi connectivity index (χ2n) is 13.2. The highest BCUT2D eigenvalue weighted by Crippen LogP contribution is 2.48. The lowest BCUT2D eigenvalue weighted by Crippen LogP contribution is -2.34. The molecule has 1 aromatic rings. The monoisotopic (exact) mass is 580 g/mol. The van der Waals surface area contributed by atoms with Crippen molar-refractivity contribution in [3.8, 4) is 0 Å². The molecule has 3 rings (SSSR count). The molecule has 1 N–H and O–H groups in total. The van der Waals surface area contributed by atoms with E-state index >= 15 is 0 Å². The van der Waals surface area contributed by atoms with Crippen LogP contribution in [0.15, 0.2) is 48.6 Å². The lowest BCUT2D eigenvalue weighted by Gasteiger charge is -2.43. The lowest BCUT2D eigenvalue weighted by atomic mass is 9.62. The number of ether oxygens (including phenoxy) is 2.